The van der Waals surface area contributed by atoms with Gasteiger partial charge in [0.1, 0.15) is 0 Å². The first kappa shape index (κ1) is 18.8. The second-order valence-electron chi connectivity index (χ2n) is 5.72. The third kappa shape index (κ3) is 7.69. The second-order valence-corrected chi connectivity index (χ2v) is 6.03. The zero-order valence-corrected chi connectivity index (χ0v) is 14.6. The molecule has 0 aliphatic heterocycles. The normalized spacial score (nSPS) is 12.0. The molecular weight excluding hydrogens is 296 g/mol. The lowest BCUT2D eigenvalue weighted by molar-refractivity contribution is 0.249. The first-order valence-corrected chi connectivity index (χ1v) is 8.95. The van der Waals surface area contributed by atoms with Crippen molar-refractivity contribution < 1.29 is 4.79 Å². The molecule has 0 unspecified atom stereocenters. The standard InChI is InChI=1S/C18H29ClN2O/c1-3-5-6-7-8-9-15-10-12-17(13-11-15)21-18(22)20-16(4-2)14-19/h10-13,16H,3-9,14H2,1-2H3,(H2,20,21,22)/t16-/m1/s1. The van der Waals surface area contributed by atoms with Crippen LogP contribution in [0.4, 0.5) is 10.5 Å². The Kier molecular flexibility index (Phi) is 9.72. The fourth-order valence-corrected chi connectivity index (χ4v) is 2.59. The van der Waals surface area contributed by atoms with E-state index in [2.05, 4.69) is 29.7 Å². The summed E-state index contributed by atoms with van der Waals surface area (Å²) in [6.07, 6.45) is 8.42. The van der Waals surface area contributed by atoms with Crippen LogP contribution in [-0.4, -0.2) is 18.0 Å². The van der Waals surface area contributed by atoms with Gasteiger partial charge in [-0.25, -0.2) is 4.79 Å². The maximum atomic E-state index is 11.8. The molecule has 2 N–H and O–H groups in total. The topological polar surface area (TPSA) is 41.1 Å². The molecule has 0 aliphatic rings. The fourth-order valence-electron chi connectivity index (χ4n) is 2.29. The third-order valence-corrected chi connectivity index (χ3v) is 4.17. The van der Waals surface area contributed by atoms with E-state index in [1.165, 1.54) is 37.7 Å². The van der Waals surface area contributed by atoms with Gasteiger partial charge in [-0.15, -0.1) is 11.6 Å². The van der Waals surface area contributed by atoms with Gasteiger partial charge in [-0.2, -0.15) is 0 Å². The first-order chi connectivity index (χ1) is 10.7. The summed E-state index contributed by atoms with van der Waals surface area (Å²) >= 11 is 5.77. The maximum absolute atomic E-state index is 11.8. The number of hydrogen-bond donors (Lipinski definition) is 2. The number of hydrogen-bond acceptors (Lipinski definition) is 1. The number of urea groups is 1. The highest BCUT2D eigenvalue weighted by Gasteiger charge is 2.08. The van der Waals surface area contributed by atoms with Gasteiger partial charge in [0.05, 0.1) is 0 Å². The fraction of sp³-hybridized carbons (Fsp3) is 0.611. The van der Waals surface area contributed by atoms with Crippen molar-refractivity contribution in [1.29, 1.82) is 0 Å². The van der Waals surface area contributed by atoms with Crippen LogP contribution < -0.4 is 10.6 Å². The summed E-state index contributed by atoms with van der Waals surface area (Å²) in [5.41, 5.74) is 2.14. The number of anilines is 1. The molecule has 0 radical (unpaired) electrons. The van der Waals surface area contributed by atoms with Gasteiger partial charge in [-0.05, 0) is 37.0 Å². The Morgan fingerprint density at radius 1 is 1.09 bits per heavy atom. The van der Waals surface area contributed by atoms with Gasteiger partial charge in [-0.1, -0.05) is 51.7 Å². The van der Waals surface area contributed by atoms with E-state index in [0.717, 1.165) is 18.5 Å². The zero-order valence-electron chi connectivity index (χ0n) is 13.8. The number of alkyl halides is 1. The summed E-state index contributed by atoms with van der Waals surface area (Å²) in [4.78, 5) is 11.8. The summed E-state index contributed by atoms with van der Waals surface area (Å²) in [6.45, 7) is 4.24. The molecule has 0 bridgehead atoms. The molecule has 3 nitrogen and oxygen atoms in total. The van der Waals surface area contributed by atoms with E-state index < -0.39 is 0 Å². The predicted octanol–water partition coefficient (Wildman–Crippen LogP) is 5.34. The summed E-state index contributed by atoms with van der Waals surface area (Å²) in [7, 11) is 0. The Morgan fingerprint density at radius 2 is 1.77 bits per heavy atom. The van der Waals surface area contributed by atoms with Crippen molar-refractivity contribution in [1.82, 2.24) is 5.32 Å². The van der Waals surface area contributed by atoms with Crippen LogP contribution in [0.5, 0.6) is 0 Å². The highest BCUT2D eigenvalue weighted by molar-refractivity contribution is 6.18. The molecule has 4 heteroatoms. The van der Waals surface area contributed by atoms with Gasteiger partial charge in [0, 0.05) is 17.6 Å². The largest absolute Gasteiger partial charge is 0.334 e. The number of nitrogens with one attached hydrogen (secondary N) is 2. The molecular formula is C18H29ClN2O. The van der Waals surface area contributed by atoms with E-state index >= 15 is 0 Å². The number of carbonyl (C=O) groups is 1. The van der Waals surface area contributed by atoms with Gasteiger partial charge >= 0.3 is 6.03 Å². The molecule has 0 saturated carbocycles. The molecule has 0 aromatic heterocycles. The second kappa shape index (κ2) is 11.4. The Hall–Kier alpha value is -1.22. The van der Waals surface area contributed by atoms with Crippen LogP contribution in [-0.2, 0) is 6.42 Å². The van der Waals surface area contributed by atoms with Crippen LogP contribution in [0.3, 0.4) is 0 Å². The van der Waals surface area contributed by atoms with Gasteiger partial charge in [0.15, 0.2) is 0 Å². The molecule has 124 valence electrons. The smallest absolute Gasteiger partial charge is 0.319 e. The third-order valence-electron chi connectivity index (χ3n) is 3.80. The average molecular weight is 325 g/mol. The molecule has 0 aliphatic carbocycles. The summed E-state index contributed by atoms with van der Waals surface area (Å²) < 4.78 is 0. The monoisotopic (exact) mass is 324 g/mol. The Morgan fingerprint density at radius 3 is 2.36 bits per heavy atom. The molecule has 0 saturated heterocycles. The summed E-state index contributed by atoms with van der Waals surface area (Å²) in [5.74, 6) is 0.431. The van der Waals surface area contributed by atoms with Crippen LogP contribution in [0.15, 0.2) is 24.3 Å². The van der Waals surface area contributed by atoms with Crippen LogP contribution in [0, 0.1) is 0 Å². The van der Waals surface area contributed by atoms with Crippen molar-refractivity contribution in [3.63, 3.8) is 0 Å². The van der Waals surface area contributed by atoms with Crippen molar-refractivity contribution in [3.05, 3.63) is 29.8 Å². The van der Waals surface area contributed by atoms with Crippen molar-refractivity contribution in [2.24, 2.45) is 0 Å². The van der Waals surface area contributed by atoms with E-state index in [1.54, 1.807) is 0 Å². The number of benzene rings is 1. The lowest BCUT2D eigenvalue weighted by atomic mass is 10.1. The first-order valence-electron chi connectivity index (χ1n) is 8.42. The molecule has 0 fully saturated rings. The molecule has 1 rings (SSSR count). The molecule has 22 heavy (non-hydrogen) atoms. The number of aryl methyl sites for hydroxylation is 1. The quantitative estimate of drug-likeness (QED) is 0.442. The van der Waals surface area contributed by atoms with E-state index in [-0.39, 0.29) is 12.1 Å². The Labute approximate surface area is 139 Å². The zero-order chi connectivity index (χ0) is 16.2. The van der Waals surface area contributed by atoms with Gasteiger partial charge in [0.2, 0.25) is 0 Å². The lowest BCUT2D eigenvalue weighted by Crippen LogP contribution is -2.38. The number of amides is 2. The van der Waals surface area contributed by atoms with Crippen molar-refractivity contribution >= 4 is 23.3 Å². The molecule has 1 atom stereocenters. The number of carbonyl (C=O) groups excluding carboxylic acids is 1. The minimum Gasteiger partial charge on any atom is -0.334 e. The lowest BCUT2D eigenvalue weighted by Gasteiger charge is -2.14. The highest BCUT2D eigenvalue weighted by Crippen LogP contribution is 2.13. The molecule has 0 spiro atoms. The van der Waals surface area contributed by atoms with Crippen molar-refractivity contribution in [2.75, 3.05) is 11.2 Å². The van der Waals surface area contributed by atoms with E-state index in [9.17, 15) is 4.79 Å². The Bertz CT molecular complexity index is 416. The van der Waals surface area contributed by atoms with Crippen LogP contribution in [0.25, 0.3) is 0 Å². The van der Waals surface area contributed by atoms with Gasteiger partial charge in [-0.3, -0.25) is 0 Å². The minimum atomic E-state index is -0.195. The maximum Gasteiger partial charge on any atom is 0.319 e. The van der Waals surface area contributed by atoms with Crippen LogP contribution in [0.2, 0.25) is 0 Å². The number of unbranched alkanes of at least 4 members (excludes halogenated alkanes) is 4. The molecule has 1 aromatic carbocycles. The Balaban J connectivity index is 2.33. The van der Waals surface area contributed by atoms with E-state index in [4.69, 9.17) is 11.6 Å². The molecule has 2 amide bonds. The summed E-state index contributed by atoms with van der Waals surface area (Å²) in [5, 5.41) is 5.69. The van der Waals surface area contributed by atoms with Gasteiger partial charge in [0.25, 0.3) is 0 Å². The van der Waals surface area contributed by atoms with Crippen LogP contribution >= 0.6 is 11.6 Å². The summed E-state index contributed by atoms with van der Waals surface area (Å²) in [6, 6.07) is 7.93. The highest BCUT2D eigenvalue weighted by atomic mass is 35.5. The number of rotatable bonds is 10. The number of halogens is 1. The van der Waals surface area contributed by atoms with E-state index in [0.29, 0.717) is 5.88 Å². The molecule has 1 aromatic rings. The average Bonchev–Trinajstić information content (AvgIpc) is 2.54. The predicted molar refractivity (Wildman–Crippen MR) is 95.9 cm³/mol. The van der Waals surface area contributed by atoms with Gasteiger partial charge < -0.3 is 10.6 Å². The molecule has 0 heterocycles. The van der Waals surface area contributed by atoms with Crippen LogP contribution in [0.1, 0.15) is 57.9 Å². The minimum absolute atomic E-state index is 0.0176. The van der Waals surface area contributed by atoms with E-state index in [1.807, 2.05) is 19.1 Å². The SMILES string of the molecule is CCCCCCCc1ccc(NC(=O)N[C@H](CC)CCl)cc1. The van der Waals surface area contributed by atoms with Crippen molar-refractivity contribution in [2.45, 2.75) is 64.8 Å². The van der Waals surface area contributed by atoms with Crippen molar-refractivity contribution in [3.8, 4) is 0 Å².